The second-order valence-electron chi connectivity index (χ2n) is 6.63. The summed E-state index contributed by atoms with van der Waals surface area (Å²) in [6, 6.07) is 0. The molecule has 1 atom stereocenters. The van der Waals surface area contributed by atoms with Gasteiger partial charge in [0.2, 0.25) is 0 Å². The van der Waals surface area contributed by atoms with Crippen molar-refractivity contribution in [2.24, 2.45) is 5.92 Å². The van der Waals surface area contributed by atoms with Crippen molar-refractivity contribution in [2.45, 2.75) is 58.4 Å². The van der Waals surface area contributed by atoms with E-state index >= 15 is 0 Å². The van der Waals surface area contributed by atoms with E-state index in [4.69, 9.17) is 8.92 Å². The summed E-state index contributed by atoms with van der Waals surface area (Å²) < 4.78 is 31.9. The predicted octanol–water partition coefficient (Wildman–Crippen LogP) is 2.78. The summed E-state index contributed by atoms with van der Waals surface area (Å²) in [5.74, 6) is 0.358. The van der Waals surface area contributed by atoms with Gasteiger partial charge in [0.15, 0.2) is 0 Å². The van der Waals surface area contributed by atoms with E-state index in [9.17, 15) is 13.2 Å². The number of carbonyl (C=O) groups is 1. The van der Waals surface area contributed by atoms with Crippen molar-refractivity contribution in [1.82, 2.24) is 4.90 Å². The maximum atomic E-state index is 12.1. The minimum atomic E-state index is -3.36. The maximum absolute atomic E-state index is 12.1. The summed E-state index contributed by atoms with van der Waals surface area (Å²) in [4.78, 5) is 13.9. The molecule has 1 saturated heterocycles. The molecule has 1 fully saturated rings. The van der Waals surface area contributed by atoms with E-state index in [1.54, 1.807) is 4.90 Å². The van der Waals surface area contributed by atoms with E-state index in [1.807, 2.05) is 13.8 Å². The molecule has 1 aliphatic heterocycles. The van der Waals surface area contributed by atoms with E-state index in [1.165, 1.54) is 0 Å². The number of nitrogens with zero attached hydrogens (tertiary/aromatic N) is 1. The molecule has 1 heterocycles. The number of unbranched alkanes of at least 4 members (excludes halogenated alkanes) is 1. The van der Waals surface area contributed by atoms with Crippen molar-refractivity contribution >= 4 is 16.2 Å². The van der Waals surface area contributed by atoms with Crippen LogP contribution in [0, 0.1) is 5.92 Å². The fraction of sp³-hybridized carbons (Fsp3) is 0.933. The number of carbonyl (C=O) groups excluding carboxylic acids is 1. The number of likely N-dealkylation sites (tertiary alicyclic amines) is 1. The van der Waals surface area contributed by atoms with Crippen LogP contribution in [0.4, 0.5) is 4.79 Å². The zero-order valence-corrected chi connectivity index (χ0v) is 14.9. The highest BCUT2D eigenvalue weighted by Gasteiger charge is 2.41. The molecular formula is C15H29NO5S. The van der Waals surface area contributed by atoms with Gasteiger partial charge in [-0.15, -0.1) is 0 Å². The lowest BCUT2D eigenvalue weighted by atomic mass is 9.93. The van der Waals surface area contributed by atoms with E-state index < -0.39 is 10.1 Å². The molecule has 1 amide bonds. The zero-order valence-electron chi connectivity index (χ0n) is 14.1. The monoisotopic (exact) mass is 335 g/mol. The van der Waals surface area contributed by atoms with Gasteiger partial charge in [-0.3, -0.25) is 4.18 Å². The minimum absolute atomic E-state index is 0.205. The lowest BCUT2D eigenvalue weighted by Crippen LogP contribution is -2.43. The molecule has 22 heavy (non-hydrogen) atoms. The molecule has 0 radical (unpaired) electrons. The van der Waals surface area contributed by atoms with Gasteiger partial charge in [0.25, 0.3) is 10.1 Å². The second kappa shape index (κ2) is 8.15. The molecule has 6 nitrogen and oxygen atoms in total. The Labute approximate surface area is 134 Å². The Morgan fingerprint density at radius 2 is 1.95 bits per heavy atom. The van der Waals surface area contributed by atoms with E-state index in [0.29, 0.717) is 25.5 Å². The van der Waals surface area contributed by atoms with Crippen LogP contribution in [0.1, 0.15) is 52.9 Å². The van der Waals surface area contributed by atoms with Gasteiger partial charge in [0.05, 0.1) is 19.5 Å². The molecular weight excluding hydrogens is 306 g/mol. The molecule has 0 aromatic heterocycles. The van der Waals surface area contributed by atoms with Crippen LogP contribution in [0.2, 0.25) is 0 Å². The summed E-state index contributed by atoms with van der Waals surface area (Å²) in [5.41, 5.74) is -0.217. The summed E-state index contributed by atoms with van der Waals surface area (Å²) in [7, 11) is -3.36. The molecule has 1 rings (SSSR count). The fourth-order valence-corrected chi connectivity index (χ4v) is 3.29. The third kappa shape index (κ3) is 6.52. The van der Waals surface area contributed by atoms with Crippen LogP contribution in [0.25, 0.3) is 0 Å². The SMILES string of the molecule is CCCCOC(=O)N1CC(CCCOS(C)(=O)=O)CC1(C)C. The quantitative estimate of drug-likeness (QED) is 0.504. The number of amides is 1. The van der Waals surface area contributed by atoms with Gasteiger partial charge in [0.1, 0.15) is 0 Å². The van der Waals surface area contributed by atoms with Crippen LogP contribution in [-0.4, -0.2) is 51.0 Å². The molecule has 0 aromatic rings. The van der Waals surface area contributed by atoms with Crippen LogP contribution < -0.4 is 0 Å². The van der Waals surface area contributed by atoms with Crippen molar-refractivity contribution < 1.29 is 22.1 Å². The van der Waals surface area contributed by atoms with Crippen LogP contribution in [0.15, 0.2) is 0 Å². The second-order valence-corrected chi connectivity index (χ2v) is 8.27. The van der Waals surface area contributed by atoms with Gasteiger partial charge in [-0.05, 0) is 45.4 Å². The Hall–Kier alpha value is -0.820. The largest absolute Gasteiger partial charge is 0.449 e. The average Bonchev–Trinajstić information content (AvgIpc) is 2.69. The van der Waals surface area contributed by atoms with Crippen LogP contribution in [0.3, 0.4) is 0 Å². The first-order chi connectivity index (χ1) is 10.2. The topological polar surface area (TPSA) is 72.9 Å². The van der Waals surface area contributed by atoms with E-state index in [0.717, 1.165) is 31.9 Å². The molecule has 130 valence electrons. The Kier molecular flexibility index (Phi) is 7.12. The van der Waals surface area contributed by atoms with Gasteiger partial charge in [0, 0.05) is 12.1 Å². The Morgan fingerprint density at radius 1 is 1.27 bits per heavy atom. The first kappa shape index (κ1) is 19.2. The van der Waals surface area contributed by atoms with Crippen molar-refractivity contribution in [3.05, 3.63) is 0 Å². The lowest BCUT2D eigenvalue weighted by molar-refractivity contribution is 0.0792. The van der Waals surface area contributed by atoms with E-state index in [-0.39, 0.29) is 18.2 Å². The van der Waals surface area contributed by atoms with Crippen LogP contribution in [0.5, 0.6) is 0 Å². The summed E-state index contributed by atoms with van der Waals surface area (Å²) >= 11 is 0. The van der Waals surface area contributed by atoms with Crippen LogP contribution >= 0.6 is 0 Å². The van der Waals surface area contributed by atoms with Gasteiger partial charge in [-0.25, -0.2) is 4.79 Å². The molecule has 1 unspecified atom stereocenters. The molecule has 0 bridgehead atoms. The normalized spacial score (nSPS) is 21.1. The lowest BCUT2D eigenvalue weighted by Gasteiger charge is -2.30. The number of hydrogen-bond donors (Lipinski definition) is 0. The van der Waals surface area contributed by atoms with Crippen LogP contribution in [-0.2, 0) is 19.0 Å². The molecule has 0 aromatic carbocycles. The molecule has 7 heteroatoms. The standard InChI is InChI=1S/C15H29NO5S/c1-5-6-9-20-14(17)16-12-13(11-15(16,2)3)8-7-10-21-22(4,18)19/h13H,5-12H2,1-4H3. The summed E-state index contributed by atoms with van der Waals surface area (Å²) in [6.07, 6.45) is 5.11. The van der Waals surface area contributed by atoms with E-state index in [2.05, 4.69) is 6.92 Å². The first-order valence-electron chi connectivity index (χ1n) is 7.94. The van der Waals surface area contributed by atoms with Gasteiger partial charge >= 0.3 is 6.09 Å². The molecule has 0 spiro atoms. The summed E-state index contributed by atoms with van der Waals surface area (Å²) in [5, 5.41) is 0. The Balaban J connectivity index is 2.40. The Bertz CT molecular complexity index is 461. The summed E-state index contributed by atoms with van der Waals surface area (Å²) in [6.45, 7) is 7.48. The molecule has 0 saturated carbocycles. The van der Waals surface area contributed by atoms with Gasteiger partial charge in [-0.1, -0.05) is 13.3 Å². The highest BCUT2D eigenvalue weighted by Crippen LogP contribution is 2.35. The highest BCUT2D eigenvalue weighted by molar-refractivity contribution is 7.85. The Morgan fingerprint density at radius 3 is 2.55 bits per heavy atom. The third-order valence-electron chi connectivity index (χ3n) is 3.96. The number of ether oxygens (including phenoxy) is 1. The highest BCUT2D eigenvalue weighted by atomic mass is 32.2. The molecule has 1 aliphatic rings. The maximum Gasteiger partial charge on any atom is 0.410 e. The predicted molar refractivity (Wildman–Crippen MR) is 85.2 cm³/mol. The third-order valence-corrected chi connectivity index (χ3v) is 4.55. The minimum Gasteiger partial charge on any atom is -0.449 e. The first-order valence-corrected chi connectivity index (χ1v) is 9.76. The number of hydrogen-bond acceptors (Lipinski definition) is 5. The molecule has 0 aliphatic carbocycles. The van der Waals surface area contributed by atoms with Crippen molar-refractivity contribution in [3.63, 3.8) is 0 Å². The molecule has 0 N–H and O–H groups in total. The van der Waals surface area contributed by atoms with Crippen molar-refractivity contribution in [3.8, 4) is 0 Å². The zero-order chi connectivity index (χ0) is 16.8. The van der Waals surface area contributed by atoms with Crippen molar-refractivity contribution in [2.75, 3.05) is 26.0 Å². The van der Waals surface area contributed by atoms with Crippen molar-refractivity contribution in [1.29, 1.82) is 0 Å². The number of rotatable bonds is 8. The smallest absolute Gasteiger partial charge is 0.410 e. The fourth-order valence-electron chi connectivity index (χ4n) is 2.87. The average molecular weight is 335 g/mol. The van der Waals surface area contributed by atoms with Gasteiger partial charge in [-0.2, -0.15) is 8.42 Å². The van der Waals surface area contributed by atoms with Gasteiger partial charge < -0.3 is 9.64 Å².